The van der Waals surface area contributed by atoms with E-state index < -0.39 is 5.90 Å². The Morgan fingerprint density at radius 2 is 2.09 bits per heavy atom. The summed E-state index contributed by atoms with van der Waals surface area (Å²) in [6, 6.07) is 6.23. The molecule has 0 heterocycles. The van der Waals surface area contributed by atoms with Crippen LogP contribution in [0.1, 0.15) is 15.9 Å². The third kappa shape index (κ3) is 1.43. The summed E-state index contributed by atoms with van der Waals surface area (Å²) < 4.78 is 0. The highest BCUT2D eigenvalue weighted by Crippen LogP contribution is 2.03. The van der Waals surface area contributed by atoms with E-state index >= 15 is 0 Å². The molecule has 0 amide bonds. The Bertz CT molecular complexity index is 294. The maximum atomic E-state index is 10.5. The highest BCUT2D eigenvalue weighted by Gasteiger charge is 1.96. The van der Waals surface area contributed by atoms with E-state index in [-0.39, 0.29) is 11.1 Å². The summed E-state index contributed by atoms with van der Waals surface area (Å²) in [4.78, 5) is 10.3. The molecule has 0 unspecified atom stereocenters. The van der Waals surface area contributed by atoms with Gasteiger partial charge >= 0.3 is 0 Å². The number of rotatable bonds is 2. The Labute approximate surface area is 63.8 Å². The van der Waals surface area contributed by atoms with Crippen LogP contribution < -0.4 is 5.11 Å². The monoisotopic (exact) mass is 148 g/mol. The maximum absolute atomic E-state index is 10.5. The summed E-state index contributed by atoms with van der Waals surface area (Å²) in [6.45, 7) is 0. The van der Waals surface area contributed by atoms with Gasteiger partial charge in [-0.25, -0.2) is 0 Å². The molecule has 0 fully saturated rings. The van der Waals surface area contributed by atoms with Crippen LogP contribution >= 0.6 is 0 Å². The molecule has 1 N–H and O–H groups in total. The normalized spacial score (nSPS) is 9.09. The first-order chi connectivity index (χ1) is 5.25. The molecule has 3 heteroatoms. The molecule has 1 rings (SSSR count). The van der Waals surface area contributed by atoms with E-state index in [9.17, 15) is 9.90 Å². The Morgan fingerprint density at radius 1 is 1.45 bits per heavy atom. The predicted molar refractivity (Wildman–Crippen MR) is 38.7 cm³/mol. The molecule has 3 nitrogen and oxygen atoms in total. The van der Waals surface area contributed by atoms with Gasteiger partial charge < -0.3 is 10.5 Å². The number of hydrogen-bond donors (Lipinski definition) is 1. The predicted octanol–water partition coefficient (Wildman–Crippen LogP) is 0.185. The number of aldehydes is 1. The fourth-order valence-corrected chi connectivity index (χ4v) is 0.807. The molecular formula is C8H6NO2-. The topological polar surface area (TPSA) is 64.0 Å². The zero-order chi connectivity index (χ0) is 8.27. The summed E-state index contributed by atoms with van der Waals surface area (Å²) in [5.41, 5.74) is 0.426. The van der Waals surface area contributed by atoms with Gasteiger partial charge in [-0.3, -0.25) is 4.79 Å². The van der Waals surface area contributed by atoms with Crippen molar-refractivity contribution in [2.75, 3.05) is 0 Å². The quantitative estimate of drug-likeness (QED) is 0.369. The molecule has 11 heavy (non-hydrogen) atoms. The van der Waals surface area contributed by atoms with Crippen molar-refractivity contribution in [2.45, 2.75) is 0 Å². The van der Waals surface area contributed by atoms with Gasteiger partial charge in [0.1, 0.15) is 0 Å². The van der Waals surface area contributed by atoms with Crippen molar-refractivity contribution in [1.82, 2.24) is 0 Å². The molecule has 0 saturated heterocycles. The summed E-state index contributed by atoms with van der Waals surface area (Å²) in [5.74, 6) is -0.826. The van der Waals surface area contributed by atoms with Gasteiger partial charge in [0, 0.05) is 5.56 Å². The van der Waals surface area contributed by atoms with Crippen molar-refractivity contribution in [1.29, 1.82) is 5.41 Å². The van der Waals surface area contributed by atoms with Crippen LogP contribution in [0.4, 0.5) is 0 Å². The van der Waals surface area contributed by atoms with Crippen molar-refractivity contribution in [3.63, 3.8) is 0 Å². The minimum absolute atomic E-state index is 0.155. The highest BCUT2D eigenvalue weighted by molar-refractivity contribution is 5.97. The van der Waals surface area contributed by atoms with Crippen LogP contribution in [0.15, 0.2) is 24.3 Å². The zero-order valence-electron chi connectivity index (χ0n) is 5.70. The third-order valence-corrected chi connectivity index (χ3v) is 1.33. The largest absolute Gasteiger partial charge is 0.859 e. The fraction of sp³-hybridized carbons (Fsp3) is 0. The first-order valence-corrected chi connectivity index (χ1v) is 3.06. The van der Waals surface area contributed by atoms with Gasteiger partial charge in [0.15, 0.2) is 6.29 Å². The van der Waals surface area contributed by atoms with Gasteiger partial charge in [-0.15, -0.1) is 0 Å². The third-order valence-electron chi connectivity index (χ3n) is 1.33. The minimum atomic E-state index is -0.826. The van der Waals surface area contributed by atoms with Gasteiger partial charge in [-0.1, -0.05) is 24.3 Å². The van der Waals surface area contributed by atoms with E-state index in [2.05, 4.69) is 0 Å². The highest BCUT2D eigenvalue weighted by atomic mass is 16.3. The molecule has 56 valence electrons. The van der Waals surface area contributed by atoms with Gasteiger partial charge in [0.05, 0.1) is 0 Å². The summed E-state index contributed by atoms with van der Waals surface area (Å²) in [7, 11) is 0. The van der Waals surface area contributed by atoms with Gasteiger partial charge in [0.2, 0.25) is 0 Å². The first kappa shape index (κ1) is 7.47. The lowest BCUT2D eigenvalue weighted by Gasteiger charge is -2.08. The molecule has 1 aromatic carbocycles. The molecule has 0 aromatic heterocycles. The van der Waals surface area contributed by atoms with Crippen LogP contribution in [0.3, 0.4) is 0 Å². The molecule has 0 saturated carbocycles. The fourth-order valence-electron chi connectivity index (χ4n) is 0.807. The van der Waals surface area contributed by atoms with E-state index in [4.69, 9.17) is 5.41 Å². The Morgan fingerprint density at radius 3 is 2.55 bits per heavy atom. The molecule has 0 bridgehead atoms. The number of nitrogens with one attached hydrogen (secondary N) is 1. The first-order valence-electron chi connectivity index (χ1n) is 3.06. The van der Waals surface area contributed by atoms with E-state index in [0.29, 0.717) is 6.29 Å². The van der Waals surface area contributed by atoms with Gasteiger partial charge in [-0.2, -0.15) is 0 Å². The molecule has 0 aliphatic carbocycles. The smallest absolute Gasteiger partial charge is 0.150 e. The van der Waals surface area contributed by atoms with Crippen molar-refractivity contribution < 1.29 is 9.90 Å². The molecule has 1 aromatic rings. The lowest BCUT2D eigenvalue weighted by Crippen LogP contribution is -2.18. The lowest BCUT2D eigenvalue weighted by molar-refractivity contribution is -0.214. The second kappa shape index (κ2) is 2.96. The van der Waals surface area contributed by atoms with Crippen LogP contribution in [-0.4, -0.2) is 12.2 Å². The SMILES string of the molecule is N=C([O-])c1ccccc1C=O. The van der Waals surface area contributed by atoms with Crippen molar-refractivity contribution in [3.8, 4) is 0 Å². The Hall–Kier alpha value is -1.64. The second-order valence-electron chi connectivity index (χ2n) is 2.03. The molecule has 0 spiro atoms. The van der Waals surface area contributed by atoms with E-state index in [0.717, 1.165) is 0 Å². The van der Waals surface area contributed by atoms with Crippen molar-refractivity contribution in [3.05, 3.63) is 35.4 Å². The van der Waals surface area contributed by atoms with Crippen LogP contribution in [0.5, 0.6) is 0 Å². The summed E-state index contributed by atoms with van der Waals surface area (Å²) >= 11 is 0. The number of carbonyl (C=O) groups is 1. The molecular weight excluding hydrogens is 142 g/mol. The lowest BCUT2D eigenvalue weighted by atomic mass is 10.1. The van der Waals surface area contributed by atoms with E-state index in [1.807, 2.05) is 0 Å². The van der Waals surface area contributed by atoms with Crippen molar-refractivity contribution >= 4 is 12.2 Å². The van der Waals surface area contributed by atoms with Crippen LogP contribution in [-0.2, 0) is 0 Å². The van der Waals surface area contributed by atoms with Crippen LogP contribution in [0.25, 0.3) is 0 Å². The summed E-state index contributed by atoms with van der Waals surface area (Å²) in [6.07, 6.45) is 0.571. The zero-order valence-corrected chi connectivity index (χ0v) is 5.70. The molecule has 0 aliphatic heterocycles. The maximum Gasteiger partial charge on any atom is 0.150 e. The standard InChI is InChI=1S/C8H7NO2/c9-8(11)7-4-2-1-3-6(7)5-10/h1-5H,(H2,9,11)/p-1. The van der Waals surface area contributed by atoms with Crippen molar-refractivity contribution in [2.24, 2.45) is 0 Å². The number of carbonyl (C=O) groups excluding carboxylic acids is 1. The Kier molecular flexibility index (Phi) is 2.01. The van der Waals surface area contributed by atoms with Crippen LogP contribution in [0, 0.1) is 5.41 Å². The van der Waals surface area contributed by atoms with E-state index in [1.54, 1.807) is 12.1 Å². The van der Waals surface area contributed by atoms with Gasteiger partial charge in [-0.05, 0) is 11.5 Å². The Balaban J connectivity index is 3.22. The minimum Gasteiger partial charge on any atom is -0.859 e. The van der Waals surface area contributed by atoms with E-state index in [1.165, 1.54) is 12.1 Å². The average molecular weight is 148 g/mol. The average Bonchev–Trinajstić information content (AvgIpc) is 2.04. The number of benzene rings is 1. The molecule has 0 atom stereocenters. The molecule has 0 radical (unpaired) electrons. The second-order valence-corrected chi connectivity index (χ2v) is 2.03. The van der Waals surface area contributed by atoms with Gasteiger partial charge in [0.25, 0.3) is 0 Å². The molecule has 0 aliphatic rings. The van der Waals surface area contributed by atoms with Crippen LogP contribution in [0.2, 0.25) is 0 Å². The summed E-state index contributed by atoms with van der Waals surface area (Å²) in [5, 5.41) is 17.3. The number of hydrogen-bond acceptors (Lipinski definition) is 3.